The summed E-state index contributed by atoms with van der Waals surface area (Å²) < 4.78 is 5.32. The molecule has 0 aromatic rings. The molecule has 0 fully saturated rings. The number of carbonyl (C=O) groups is 1. The topological polar surface area (TPSA) is 67.9 Å². The number of nitrogens with two attached hydrogens (primary N) is 1. The van der Waals surface area contributed by atoms with Gasteiger partial charge >= 0.3 is 6.09 Å². The summed E-state index contributed by atoms with van der Waals surface area (Å²) >= 11 is 1.46. The molecular weight excluding hydrogens is 238 g/mol. The highest BCUT2D eigenvalue weighted by atomic mass is 32.2. The fraction of sp³-hybridized carbons (Fsp3) is 0.636. The first-order valence-corrected chi connectivity index (χ1v) is 6.64. The first kappa shape index (κ1) is 14.1. The van der Waals surface area contributed by atoms with Crippen LogP contribution >= 0.6 is 11.8 Å². The molecule has 96 valence electrons. The van der Waals surface area contributed by atoms with Crippen LogP contribution in [0.5, 0.6) is 0 Å². The molecule has 0 saturated carbocycles. The maximum Gasteiger partial charge on any atom is 0.416 e. The summed E-state index contributed by atoms with van der Waals surface area (Å²) in [6.07, 6.45) is 4.88. The Kier molecular flexibility index (Phi) is 4.59. The van der Waals surface area contributed by atoms with Crippen LogP contribution in [-0.4, -0.2) is 41.1 Å². The molecule has 1 rings (SSSR count). The Bertz CT molecular complexity index is 347. The quantitative estimate of drug-likeness (QED) is 0.819. The van der Waals surface area contributed by atoms with Crippen molar-refractivity contribution in [2.45, 2.75) is 31.9 Å². The fourth-order valence-electron chi connectivity index (χ4n) is 1.24. The molecule has 0 aliphatic carbocycles. The summed E-state index contributed by atoms with van der Waals surface area (Å²) in [5.41, 5.74) is 5.55. The van der Waals surface area contributed by atoms with Gasteiger partial charge in [0, 0.05) is 24.5 Å². The van der Waals surface area contributed by atoms with E-state index < -0.39 is 11.7 Å². The van der Waals surface area contributed by atoms with E-state index >= 15 is 0 Å². The summed E-state index contributed by atoms with van der Waals surface area (Å²) in [7, 11) is 0. The Hall–Kier alpha value is -1.01. The predicted molar refractivity (Wildman–Crippen MR) is 71.0 cm³/mol. The van der Waals surface area contributed by atoms with Crippen LogP contribution in [0.4, 0.5) is 4.79 Å². The second-order valence-corrected chi connectivity index (χ2v) is 5.53. The lowest BCUT2D eigenvalue weighted by Gasteiger charge is -2.30. The summed E-state index contributed by atoms with van der Waals surface area (Å²) in [6, 6.07) is 0. The first-order chi connectivity index (χ1) is 7.87. The van der Waals surface area contributed by atoms with Crippen molar-refractivity contribution in [3.05, 3.63) is 11.8 Å². The molecule has 0 bridgehead atoms. The van der Waals surface area contributed by atoms with Crippen LogP contribution < -0.4 is 5.73 Å². The average molecular weight is 257 g/mol. The molecule has 0 spiro atoms. The highest BCUT2D eigenvalue weighted by Gasteiger charge is 2.28. The molecule has 6 heteroatoms. The van der Waals surface area contributed by atoms with Gasteiger partial charge < -0.3 is 10.5 Å². The van der Waals surface area contributed by atoms with E-state index in [9.17, 15) is 4.79 Å². The van der Waals surface area contributed by atoms with Gasteiger partial charge in [0.15, 0.2) is 5.50 Å². The number of thioether (sulfide) groups is 1. The van der Waals surface area contributed by atoms with Crippen molar-refractivity contribution in [3.63, 3.8) is 0 Å². The van der Waals surface area contributed by atoms with Crippen LogP contribution in [0.3, 0.4) is 0 Å². The maximum atomic E-state index is 12.0. The van der Waals surface area contributed by atoms with Crippen LogP contribution in [0.15, 0.2) is 16.8 Å². The highest BCUT2D eigenvalue weighted by molar-refractivity contribution is 7.99. The largest absolute Gasteiger partial charge is 0.443 e. The SMILES string of the molecule is CSC1N=CC(CN)=CN1C(=O)OC(C)(C)C. The van der Waals surface area contributed by atoms with E-state index in [0.29, 0.717) is 6.54 Å². The van der Waals surface area contributed by atoms with Gasteiger partial charge in [-0.2, -0.15) is 0 Å². The van der Waals surface area contributed by atoms with E-state index in [2.05, 4.69) is 4.99 Å². The van der Waals surface area contributed by atoms with Crippen LogP contribution in [0, 0.1) is 0 Å². The van der Waals surface area contributed by atoms with Gasteiger partial charge in [0.05, 0.1) is 0 Å². The van der Waals surface area contributed by atoms with Gasteiger partial charge in [0.25, 0.3) is 0 Å². The first-order valence-electron chi connectivity index (χ1n) is 5.35. The van der Waals surface area contributed by atoms with Gasteiger partial charge in [-0.3, -0.25) is 9.89 Å². The molecule has 1 unspecified atom stereocenters. The summed E-state index contributed by atoms with van der Waals surface area (Å²) in [5.74, 6) is 0. The summed E-state index contributed by atoms with van der Waals surface area (Å²) in [5, 5.41) is 0. The van der Waals surface area contributed by atoms with Crippen molar-refractivity contribution >= 4 is 24.1 Å². The zero-order chi connectivity index (χ0) is 13.1. The molecule has 5 nitrogen and oxygen atoms in total. The van der Waals surface area contributed by atoms with Gasteiger partial charge in [0.2, 0.25) is 0 Å². The minimum absolute atomic E-state index is 0.278. The Morgan fingerprint density at radius 2 is 2.29 bits per heavy atom. The highest BCUT2D eigenvalue weighted by Crippen LogP contribution is 2.22. The number of amides is 1. The number of nitrogens with zero attached hydrogens (tertiary/aromatic N) is 2. The average Bonchev–Trinajstić information content (AvgIpc) is 2.25. The van der Waals surface area contributed by atoms with Crippen LogP contribution in [0.2, 0.25) is 0 Å². The third-order valence-corrected chi connectivity index (χ3v) is 2.73. The smallest absolute Gasteiger partial charge is 0.416 e. The van der Waals surface area contributed by atoms with Crippen LogP contribution in [0.25, 0.3) is 0 Å². The van der Waals surface area contributed by atoms with Crippen LogP contribution in [-0.2, 0) is 4.74 Å². The molecule has 1 heterocycles. The number of hydrogen-bond donors (Lipinski definition) is 1. The van der Waals surface area contributed by atoms with Gasteiger partial charge in [0.1, 0.15) is 5.60 Å². The predicted octanol–water partition coefficient (Wildman–Crippen LogP) is 1.80. The molecular formula is C11H19N3O2S. The van der Waals surface area contributed by atoms with Crippen molar-refractivity contribution in [1.29, 1.82) is 0 Å². The zero-order valence-corrected chi connectivity index (χ0v) is 11.5. The number of rotatable bonds is 2. The number of hydrogen-bond acceptors (Lipinski definition) is 5. The molecule has 0 radical (unpaired) electrons. The lowest BCUT2D eigenvalue weighted by atomic mass is 10.2. The lowest BCUT2D eigenvalue weighted by Crippen LogP contribution is -2.40. The molecule has 0 saturated heterocycles. The summed E-state index contributed by atoms with van der Waals surface area (Å²) in [6.45, 7) is 5.85. The summed E-state index contributed by atoms with van der Waals surface area (Å²) in [4.78, 5) is 17.7. The van der Waals surface area contributed by atoms with Gasteiger partial charge in [-0.1, -0.05) is 0 Å². The Morgan fingerprint density at radius 3 is 2.76 bits per heavy atom. The van der Waals surface area contributed by atoms with Crippen molar-refractivity contribution in [1.82, 2.24) is 4.90 Å². The fourth-order valence-corrected chi connectivity index (χ4v) is 1.80. The third-order valence-electron chi connectivity index (χ3n) is 1.96. The molecule has 1 amide bonds. The minimum Gasteiger partial charge on any atom is -0.443 e. The van der Waals surface area contributed by atoms with Crippen molar-refractivity contribution in [2.24, 2.45) is 10.7 Å². The Labute approximate surface area is 106 Å². The van der Waals surface area contributed by atoms with Crippen molar-refractivity contribution < 1.29 is 9.53 Å². The van der Waals surface area contributed by atoms with E-state index in [1.165, 1.54) is 16.7 Å². The van der Waals surface area contributed by atoms with E-state index in [0.717, 1.165) is 5.57 Å². The second kappa shape index (κ2) is 5.55. The molecule has 0 aromatic carbocycles. The van der Waals surface area contributed by atoms with E-state index in [1.807, 2.05) is 27.0 Å². The Balaban J connectivity index is 2.82. The molecule has 2 N–H and O–H groups in total. The molecule has 17 heavy (non-hydrogen) atoms. The van der Waals surface area contributed by atoms with E-state index in [4.69, 9.17) is 10.5 Å². The molecule has 1 aliphatic heterocycles. The number of carbonyl (C=O) groups excluding carboxylic acids is 1. The molecule has 1 aliphatic rings. The van der Waals surface area contributed by atoms with Crippen molar-refractivity contribution in [2.75, 3.05) is 12.8 Å². The third kappa shape index (κ3) is 4.05. The standard InChI is InChI=1S/C11H19N3O2S/c1-11(2,3)16-10(15)14-7-8(5-12)6-13-9(14)17-4/h6-7,9H,5,12H2,1-4H3. The number of ether oxygens (including phenoxy) is 1. The van der Waals surface area contributed by atoms with Gasteiger partial charge in [-0.05, 0) is 27.0 Å². The van der Waals surface area contributed by atoms with Crippen molar-refractivity contribution in [3.8, 4) is 0 Å². The van der Waals surface area contributed by atoms with Crippen LogP contribution in [0.1, 0.15) is 20.8 Å². The zero-order valence-electron chi connectivity index (χ0n) is 10.6. The molecule has 1 atom stereocenters. The maximum absolute atomic E-state index is 12.0. The minimum atomic E-state index is -0.516. The lowest BCUT2D eigenvalue weighted by molar-refractivity contribution is 0.0320. The normalized spacial score (nSPS) is 20.2. The monoisotopic (exact) mass is 257 g/mol. The number of aliphatic imine (C=N–C) groups is 1. The van der Waals surface area contributed by atoms with E-state index in [-0.39, 0.29) is 5.50 Å². The second-order valence-electron chi connectivity index (χ2n) is 4.64. The molecule has 0 aromatic heterocycles. The Morgan fingerprint density at radius 1 is 1.65 bits per heavy atom. The van der Waals surface area contributed by atoms with E-state index in [1.54, 1.807) is 12.4 Å². The van der Waals surface area contributed by atoms with Gasteiger partial charge in [-0.25, -0.2) is 4.79 Å². The van der Waals surface area contributed by atoms with Gasteiger partial charge in [-0.15, -0.1) is 11.8 Å².